The van der Waals surface area contributed by atoms with Crippen molar-refractivity contribution >= 4 is 23.8 Å². The Morgan fingerprint density at radius 3 is 3.06 bits per heavy atom. The van der Waals surface area contributed by atoms with Crippen molar-refractivity contribution in [2.24, 2.45) is 11.7 Å². The summed E-state index contributed by atoms with van der Waals surface area (Å²) in [6, 6.07) is 0. The van der Waals surface area contributed by atoms with Crippen molar-refractivity contribution in [3.05, 3.63) is 12.0 Å². The number of carbonyl (C=O) groups excluding carboxylic acids is 1. The second kappa shape index (κ2) is 4.55. The zero-order valence-corrected chi connectivity index (χ0v) is 9.85. The van der Waals surface area contributed by atoms with Gasteiger partial charge in [0.15, 0.2) is 0 Å². The molecule has 94 valence electrons. The third-order valence-corrected chi connectivity index (χ3v) is 3.87. The number of β-lactam (4-membered cyclic amide) rings is 1. The molecule has 2 aliphatic rings. The van der Waals surface area contributed by atoms with E-state index in [1.807, 2.05) is 0 Å². The summed E-state index contributed by atoms with van der Waals surface area (Å²) in [6.45, 7) is 0. The van der Waals surface area contributed by atoms with Crippen LogP contribution in [-0.4, -0.2) is 46.5 Å². The summed E-state index contributed by atoms with van der Waals surface area (Å²) in [5.41, 5.74) is 5.66. The lowest BCUT2D eigenvalue weighted by molar-refractivity contribution is -0.158. The molecule has 1 fully saturated rings. The Labute approximate surface area is 102 Å². The van der Waals surface area contributed by atoms with Crippen LogP contribution in [0.3, 0.4) is 0 Å². The lowest BCUT2D eigenvalue weighted by Crippen LogP contribution is -2.65. The number of carboxylic acid groups (broad SMARTS) is 1. The van der Waals surface area contributed by atoms with E-state index in [-0.39, 0.29) is 17.2 Å². The van der Waals surface area contributed by atoms with Gasteiger partial charge in [-0.1, -0.05) is 0 Å². The van der Waals surface area contributed by atoms with Crippen molar-refractivity contribution in [3.8, 4) is 0 Å². The Kier molecular flexibility index (Phi) is 3.27. The average molecular weight is 260 g/mol. The van der Waals surface area contributed by atoms with Gasteiger partial charge in [0.25, 0.3) is 0 Å². The van der Waals surface area contributed by atoms with Gasteiger partial charge in [0, 0.05) is 12.9 Å². The second-order valence-electron chi connectivity index (χ2n) is 3.57. The summed E-state index contributed by atoms with van der Waals surface area (Å²) in [7, 11) is 1.43. The Bertz CT molecular complexity index is 386. The van der Waals surface area contributed by atoms with Crippen molar-refractivity contribution in [2.75, 3.05) is 12.9 Å². The van der Waals surface area contributed by atoms with Crippen LogP contribution in [0, 0.1) is 5.92 Å². The molecule has 2 aliphatic heterocycles. The van der Waals surface area contributed by atoms with Crippen LogP contribution in [-0.2, 0) is 14.3 Å². The number of ether oxygens (including phenoxy) is 2. The number of thioether (sulfide) groups is 1. The van der Waals surface area contributed by atoms with Crippen LogP contribution in [0.25, 0.3) is 0 Å². The number of nitrogens with two attached hydrogens (primary N) is 1. The van der Waals surface area contributed by atoms with Gasteiger partial charge in [-0.25, -0.2) is 4.79 Å². The Hall–Kier alpha value is -1.25. The van der Waals surface area contributed by atoms with Crippen molar-refractivity contribution in [1.82, 2.24) is 4.90 Å². The Morgan fingerprint density at radius 1 is 1.76 bits per heavy atom. The second-order valence-corrected chi connectivity index (χ2v) is 4.72. The molecule has 2 unspecified atom stereocenters. The van der Waals surface area contributed by atoms with Crippen molar-refractivity contribution < 1.29 is 24.2 Å². The first kappa shape index (κ1) is 12.2. The third-order valence-electron chi connectivity index (χ3n) is 2.66. The normalized spacial score (nSPS) is 28.9. The van der Waals surface area contributed by atoms with E-state index in [0.29, 0.717) is 5.75 Å². The number of hydrogen-bond donors (Lipinski definition) is 2. The van der Waals surface area contributed by atoms with Gasteiger partial charge in [0.2, 0.25) is 11.8 Å². The van der Waals surface area contributed by atoms with E-state index in [9.17, 15) is 9.59 Å². The summed E-state index contributed by atoms with van der Waals surface area (Å²) in [6.07, 6.45) is -0.559. The number of rotatable bonds is 3. The monoisotopic (exact) mass is 260 g/mol. The first-order valence-electron chi connectivity index (χ1n) is 4.90. The molecular weight excluding hydrogens is 248 g/mol. The summed E-state index contributed by atoms with van der Waals surface area (Å²) in [5.74, 6) is -0.0924. The molecule has 1 saturated heterocycles. The molecule has 0 saturated carbocycles. The Morgan fingerprint density at radius 2 is 2.47 bits per heavy atom. The van der Waals surface area contributed by atoms with Crippen molar-refractivity contribution in [3.63, 3.8) is 0 Å². The molecule has 2 heterocycles. The van der Waals surface area contributed by atoms with Gasteiger partial charge >= 0.3 is 6.16 Å². The fraction of sp³-hybridized carbons (Fsp3) is 0.556. The topological polar surface area (TPSA) is 102 Å². The van der Waals surface area contributed by atoms with E-state index < -0.39 is 18.3 Å². The van der Waals surface area contributed by atoms with Gasteiger partial charge in [-0.05, 0) is 6.08 Å². The van der Waals surface area contributed by atoms with E-state index in [2.05, 4.69) is 4.74 Å². The third kappa shape index (κ3) is 1.99. The minimum atomic E-state index is -1.44. The van der Waals surface area contributed by atoms with Crippen molar-refractivity contribution in [2.45, 2.75) is 11.6 Å². The van der Waals surface area contributed by atoms with Crippen LogP contribution in [0.5, 0.6) is 0 Å². The van der Waals surface area contributed by atoms with Gasteiger partial charge in [0.05, 0.1) is 0 Å². The summed E-state index contributed by atoms with van der Waals surface area (Å²) >= 11 is 1.50. The lowest BCUT2D eigenvalue weighted by Gasteiger charge is -2.49. The molecule has 8 heteroatoms. The largest absolute Gasteiger partial charge is 0.512 e. The molecule has 0 bridgehead atoms. The molecule has 0 aromatic heterocycles. The highest BCUT2D eigenvalue weighted by Crippen LogP contribution is 2.42. The van der Waals surface area contributed by atoms with Gasteiger partial charge in [-0.2, -0.15) is 0 Å². The van der Waals surface area contributed by atoms with Crippen LogP contribution in [0.4, 0.5) is 4.79 Å². The highest BCUT2D eigenvalue weighted by Gasteiger charge is 2.54. The number of fused-ring (bicyclic) bond motifs is 1. The molecule has 0 aromatic carbocycles. The highest BCUT2D eigenvalue weighted by molar-refractivity contribution is 8.00. The summed E-state index contributed by atoms with van der Waals surface area (Å²) in [5, 5.41) is 8.33. The number of amides is 1. The molecule has 7 nitrogen and oxygen atoms in total. The smallest absolute Gasteiger partial charge is 0.449 e. The molecule has 0 radical (unpaired) electrons. The van der Waals surface area contributed by atoms with Crippen LogP contribution >= 0.6 is 11.8 Å². The fourth-order valence-corrected chi connectivity index (χ4v) is 3.12. The van der Waals surface area contributed by atoms with Crippen LogP contribution in [0.2, 0.25) is 0 Å². The maximum atomic E-state index is 11.8. The predicted octanol–water partition coefficient (Wildman–Crippen LogP) is -0.0151. The van der Waals surface area contributed by atoms with E-state index >= 15 is 0 Å². The first-order valence-corrected chi connectivity index (χ1v) is 5.95. The maximum Gasteiger partial charge on any atom is 0.512 e. The van der Waals surface area contributed by atoms with E-state index in [4.69, 9.17) is 15.6 Å². The zero-order valence-electron chi connectivity index (χ0n) is 9.03. The van der Waals surface area contributed by atoms with Gasteiger partial charge < -0.3 is 20.3 Å². The molecule has 3 N–H and O–H groups in total. The number of carbonyl (C=O) groups is 2. The molecule has 0 aliphatic carbocycles. The van der Waals surface area contributed by atoms with Crippen LogP contribution < -0.4 is 5.73 Å². The zero-order chi connectivity index (χ0) is 12.6. The standard InChI is InChI=1S/C9H12N2O5S/c1-15-6(10)5-7(12)11-4(16-9(13)14)2-3-17-8(5)11/h2,5-6,8H,3,10H2,1H3,(H,13,14)/t5?,6?,8-/m0/s1. The van der Waals surface area contributed by atoms with E-state index in [1.165, 1.54) is 23.8 Å². The van der Waals surface area contributed by atoms with E-state index in [0.717, 1.165) is 0 Å². The number of nitrogens with zero attached hydrogens (tertiary/aromatic N) is 1. The minimum absolute atomic E-state index is 0.0609. The molecule has 2 rings (SSSR count). The molecule has 1 amide bonds. The Balaban J connectivity index is 2.12. The lowest BCUT2D eigenvalue weighted by atomic mass is 9.96. The molecule has 0 aromatic rings. The number of hydrogen-bond acceptors (Lipinski definition) is 6. The maximum absolute atomic E-state index is 11.8. The predicted molar refractivity (Wildman–Crippen MR) is 58.8 cm³/mol. The molecule has 3 atom stereocenters. The molecular formula is C9H12N2O5S. The number of methoxy groups -OCH3 is 1. The SMILES string of the molecule is COC(N)C1C(=O)N2C(OC(=O)O)=CCS[C@@H]12. The minimum Gasteiger partial charge on any atom is -0.449 e. The van der Waals surface area contributed by atoms with Gasteiger partial charge in [0.1, 0.15) is 17.5 Å². The quantitative estimate of drug-likeness (QED) is 0.418. The van der Waals surface area contributed by atoms with Crippen molar-refractivity contribution in [1.29, 1.82) is 0 Å². The summed E-state index contributed by atoms with van der Waals surface area (Å²) in [4.78, 5) is 23.6. The average Bonchev–Trinajstić information content (AvgIpc) is 2.27. The first-order chi connectivity index (χ1) is 8.06. The molecule has 0 spiro atoms. The van der Waals surface area contributed by atoms with Crippen LogP contribution in [0.1, 0.15) is 0 Å². The van der Waals surface area contributed by atoms with Crippen LogP contribution in [0.15, 0.2) is 12.0 Å². The van der Waals surface area contributed by atoms with Gasteiger partial charge in [-0.15, -0.1) is 11.8 Å². The summed E-state index contributed by atoms with van der Waals surface area (Å²) < 4.78 is 9.48. The molecule has 17 heavy (non-hydrogen) atoms. The highest BCUT2D eigenvalue weighted by atomic mass is 32.2. The fourth-order valence-electron chi connectivity index (χ4n) is 1.84. The van der Waals surface area contributed by atoms with Gasteiger partial charge in [-0.3, -0.25) is 9.69 Å². The van der Waals surface area contributed by atoms with E-state index in [1.54, 1.807) is 6.08 Å².